The fourth-order valence-electron chi connectivity index (χ4n) is 3.93. The highest BCUT2D eigenvalue weighted by Gasteiger charge is 2.34. The Balaban J connectivity index is 1.64. The second-order valence-corrected chi connectivity index (χ2v) is 9.40. The van der Waals surface area contributed by atoms with E-state index in [1.807, 2.05) is 38.4 Å². The van der Waals surface area contributed by atoms with Gasteiger partial charge in [-0.25, -0.2) is 5.01 Å². The Morgan fingerprint density at radius 1 is 1.03 bits per heavy atom. The monoisotopic (exact) mass is 449 g/mol. The van der Waals surface area contributed by atoms with Gasteiger partial charge in [0.2, 0.25) is 0 Å². The highest BCUT2D eigenvalue weighted by atomic mass is 32.2. The molecule has 0 bridgehead atoms. The van der Waals surface area contributed by atoms with Gasteiger partial charge in [0.15, 0.2) is 11.3 Å². The standard InChI is InChI=1S/C25H31N5OS/c1-4-5-6-7-10-17-32-25-27-24(31)22-20-11-8-9-12-21(20)26-23(30(22)28-25)18-13-15-19(16-14-18)29(2)3/h8-9,11-16,23H,4-7,10,17H2,1-3H3,(H,27,28,31)/t23-/m0/s1. The van der Waals surface area contributed by atoms with Crippen molar-refractivity contribution in [1.82, 2.24) is 10.3 Å². The zero-order valence-electron chi connectivity index (χ0n) is 19.0. The maximum atomic E-state index is 13.2. The summed E-state index contributed by atoms with van der Waals surface area (Å²) in [5.41, 5.74) is 2.68. The number of rotatable bonds is 8. The molecule has 4 rings (SSSR count). The number of anilines is 1. The Bertz CT molecular complexity index is 1110. The van der Waals surface area contributed by atoms with Crippen molar-refractivity contribution in [3.8, 4) is 0 Å². The van der Waals surface area contributed by atoms with Crippen LogP contribution >= 0.6 is 11.8 Å². The Kier molecular flexibility index (Phi) is 7.15. The van der Waals surface area contributed by atoms with Gasteiger partial charge >= 0.3 is 0 Å². The van der Waals surface area contributed by atoms with Crippen molar-refractivity contribution in [2.45, 2.75) is 45.2 Å². The van der Waals surface area contributed by atoms with Crippen molar-refractivity contribution in [2.24, 2.45) is 10.1 Å². The van der Waals surface area contributed by atoms with E-state index in [2.05, 4.69) is 41.4 Å². The van der Waals surface area contributed by atoms with Crippen LogP contribution in [0.1, 0.15) is 50.8 Å². The Morgan fingerprint density at radius 2 is 1.78 bits per heavy atom. The molecule has 6 nitrogen and oxygen atoms in total. The summed E-state index contributed by atoms with van der Waals surface area (Å²) in [6.07, 6.45) is 5.75. The molecule has 1 atom stereocenters. The zero-order valence-corrected chi connectivity index (χ0v) is 19.9. The van der Waals surface area contributed by atoms with Gasteiger partial charge in [-0.2, -0.15) is 0 Å². The van der Waals surface area contributed by atoms with Gasteiger partial charge < -0.3 is 4.90 Å². The minimum absolute atomic E-state index is 0.120. The molecule has 2 aromatic rings. The van der Waals surface area contributed by atoms with E-state index in [1.165, 1.54) is 25.7 Å². The van der Waals surface area contributed by atoms with Crippen molar-refractivity contribution in [3.05, 3.63) is 64.7 Å². The number of hydrogen-bond donors (Lipinski definition) is 1. The number of carbonyl (C=O) groups is 1. The maximum absolute atomic E-state index is 13.2. The van der Waals surface area contributed by atoms with Crippen molar-refractivity contribution < 1.29 is 4.79 Å². The number of benzene rings is 2. The number of nitrogens with one attached hydrogen (secondary N) is 1. The molecular formula is C25H31N5OS. The minimum Gasteiger partial charge on any atom is -0.378 e. The molecule has 0 saturated carbocycles. The Morgan fingerprint density at radius 3 is 2.53 bits per heavy atom. The summed E-state index contributed by atoms with van der Waals surface area (Å²) in [7, 11) is 4.04. The fourth-order valence-corrected chi connectivity index (χ4v) is 4.78. The van der Waals surface area contributed by atoms with E-state index in [4.69, 9.17) is 10.1 Å². The predicted octanol–water partition coefficient (Wildman–Crippen LogP) is 3.60. The molecule has 0 saturated heterocycles. The normalized spacial score (nSPS) is 17.2. The average Bonchev–Trinajstić information content (AvgIpc) is 2.80. The van der Waals surface area contributed by atoms with Gasteiger partial charge in [0, 0.05) is 30.8 Å². The second-order valence-electron chi connectivity index (χ2n) is 8.32. The predicted molar refractivity (Wildman–Crippen MR) is 133 cm³/mol. The van der Waals surface area contributed by atoms with Gasteiger partial charge in [0.1, 0.15) is 5.70 Å². The fraction of sp³-hybridized carbons (Fsp3) is 0.400. The number of nitrogens with zero attached hydrogens (tertiary/aromatic N) is 4. The molecule has 1 N–H and O–H groups in total. The number of unbranched alkanes of at least 4 members (excludes halogenated alkanes) is 4. The smallest absolute Gasteiger partial charge is 0.276 e. The van der Waals surface area contributed by atoms with Crippen LogP contribution in [0.5, 0.6) is 0 Å². The number of amides is 1. The van der Waals surface area contributed by atoms with Crippen LogP contribution in [-0.2, 0) is 4.79 Å². The first-order chi connectivity index (χ1) is 15.6. The van der Waals surface area contributed by atoms with Crippen molar-refractivity contribution >= 4 is 34.2 Å². The molecule has 1 amide bonds. The largest absolute Gasteiger partial charge is 0.378 e. The molecule has 2 aliphatic heterocycles. The van der Waals surface area contributed by atoms with E-state index in [9.17, 15) is 4.79 Å². The maximum Gasteiger partial charge on any atom is 0.276 e. The van der Waals surface area contributed by atoms with E-state index in [-0.39, 0.29) is 12.1 Å². The Hall–Kier alpha value is -2.80. The van der Waals surface area contributed by atoms with Gasteiger partial charge in [0.05, 0.1) is 5.36 Å². The van der Waals surface area contributed by atoms with Crippen LogP contribution in [0.4, 0.5) is 5.69 Å². The second kappa shape index (κ2) is 10.2. The zero-order chi connectivity index (χ0) is 22.5. The molecule has 0 aliphatic carbocycles. The summed E-state index contributed by atoms with van der Waals surface area (Å²) in [6, 6.07) is 16.1. The summed E-state index contributed by atoms with van der Waals surface area (Å²) in [5, 5.41) is 11.9. The summed E-state index contributed by atoms with van der Waals surface area (Å²) in [4.78, 5) is 20.2. The number of para-hydroxylation sites is 1. The first-order valence-corrected chi connectivity index (χ1v) is 12.3. The number of carbonyl (C=O) groups excluding carboxylic acids is 1. The summed E-state index contributed by atoms with van der Waals surface area (Å²) >= 11 is 1.61. The van der Waals surface area contributed by atoms with Crippen LogP contribution in [0, 0.1) is 0 Å². The van der Waals surface area contributed by atoms with Crippen LogP contribution in [0.25, 0.3) is 5.70 Å². The van der Waals surface area contributed by atoms with E-state index >= 15 is 0 Å². The summed E-state index contributed by atoms with van der Waals surface area (Å²) in [5.74, 6) is 0.827. The molecule has 0 spiro atoms. The molecule has 0 aromatic heterocycles. The number of thioether (sulfide) groups is 1. The van der Waals surface area contributed by atoms with Gasteiger partial charge in [-0.15, -0.1) is 5.10 Å². The molecule has 168 valence electrons. The van der Waals surface area contributed by atoms with E-state index in [1.54, 1.807) is 16.8 Å². The SMILES string of the molecule is CCCCCCCSC1=NN2C(=c3ccccc3=N[C@@H]2c2ccc(N(C)C)cc2)C(=O)N1. The van der Waals surface area contributed by atoms with Gasteiger partial charge in [-0.3, -0.25) is 15.1 Å². The lowest BCUT2D eigenvalue weighted by atomic mass is 10.1. The van der Waals surface area contributed by atoms with Crippen LogP contribution in [0.3, 0.4) is 0 Å². The highest BCUT2D eigenvalue weighted by molar-refractivity contribution is 8.13. The van der Waals surface area contributed by atoms with E-state index < -0.39 is 0 Å². The number of hydrazone groups is 1. The lowest BCUT2D eigenvalue weighted by Gasteiger charge is -2.34. The summed E-state index contributed by atoms with van der Waals surface area (Å²) < 4.78 is 0. The van der Waals surface area contributed by atoms with Crippen molar-refractivity contribution in [2.75, 3.05) is 24.7 Å². The molecule has 7 heteroatoms. The van der Waals surface area contributed by atoms with Crippen LogP contribution in [-0.4, -0.2) is 35.9 Å². The molecule has 2 heterocycles. The lowest BCUT2D eigenvalue weighted by molar-refractivity contribution is -0.116. The average molecular weight is 450 g/mol. The third-order valence-corrected chi connectivity index (χ3v) is 6.66. The number of hydrogen-bond acceptors (Lipinski definition) is 6. The van der Waals surface area contributed by atoms with Crippen LogP contribution in [0.2, 0.25) is 0 Å². The molecule has 0 radical (unpaired) electrons. The highest BCUT2D eigenvalue weighted by Crippen LogP contribution is 2.31. The third kappa shape index (κ3) is 4.83. The van der Waals surface area contributed by atoms with Gasteiger partial charge in [-0.05, 0) is 30.2 Å². The number of fused-ring (bicyclic) bond motifs is 2. The molecule has 2 aromatic carbocycles. The molecule has 0 unspecified atom stereocenters. The molecule has 2 aliphatic rings. The molecule has 32 heavy (non-hydrogen) atoms. The first-order valence-electron chi connectivity index (χ1n) is 11.3. The van der Waals surface area contributed by atoms with Crippen molar-refractivity contribution in [3.63, 3.8) is 0 Å². The minimum atomic E-state index is -0.373. The van der Waals surface area contributed by atoms with E-state index in [0.29, 0.717) is 10.9 Å². The topological polar surface area (TPSA) is 60.3 Å². The van der Waals surface area contributed by atoms with Gasteiger partial charge in [0.25, 0.3) is 5.91 Å². The van der Waals surface area contributed by atoms with Crippen LogP contribution in [0.15, 0.2) is 58.6 Å². The summed E-state index contributed by atoms with van der Waals surface area (Å²) in [6.45, 7) is 2.22. The first kappa shape index (κ1) is 22.4. The molecule has 0 fully saturated rings. The van der Waals surface area contributed by atoms with E-state index in [0.717, 1.165) is 34.0 Å². The van der Waals surface area contributed by atoms with Gasteiger partial charge in [-0.1, -0.05) is 74.7 Å². The molecular weight excluding hydrogens is 418 g/mol. The Labute approximate surface area is 194 Å². The number of amidine groups is 1. The van der Waals surface area contributed by atoms with Crippen LogP contribution < -0.4 is 20.8 Å². The third-order valence-electron chi connectivity index (χ3n) is 5.71. The lowest BCUT2D eigenvalue weighted by Crippen LogP contribution is -2.50. The quantitative estimate of drug-likeness (QED) is 0.626. The van der Waals surface area contributed by atoms with Crippen molar-refractivity contribution in [1.29, 1.82) is 0 Å².